The molecular formula is C16H9F7I2N2O. The SMILES string of the molecule is CCOc1c(I)cc(I)cc1/C=N/Nc1c(F)c(F)c(C(F)(F)F)c(F)c1F. The zero-order chi connectivity index (χ0) is 21.2. The number of ether oxygens (including phenoxy) is 1. The van der Waals surface area contributed by atoms with Gasteiger partial charge in [-0.15, -0.1) is 0 Å². The normalized spacial score (nSPS) is 11.9. The smallest absolute Gasteiger partial charge is 0.422 e. The first-order valence-corrected chi connectivity index (χ1v) is 9.48. The van der Waals surface area contributed by atoms with Crippen molar-refractivity contribution in [2.24, 2.45) is 5.10 Å². The molecule has 12 heteroatoms. The van der Waals surface area contributed by atoms with Crippen molar-refractivity contribution in [2.75, 3.05) is 12.0 Å². The Kier molecular flexibility index (Phi) is 7.38. The van der Waals surface area contributed by atoms with E-state index in [2.05, 4.69) is 5.10 Å². The van der Waals surface area contributed by atoms with Crippen LogP contribution in [0.1, 0.15) is 18.1 Å². The fraction of sp³-hybridized carbons (Fsp3) is 0.188. The van der Waals surface area contributed by atoms with Crippen molar-refractivity contribution in [1.29, 1.82) is 0 Å². The number of anilines is 1. The molecule has 0 saturated carbocycles. The quantitative estimate of drug-likeness (QED) is 0.138. The molecule has 0 saturated heterocycles. The summed E-state index contributed by atoms with van der Waals surface area (Å²) < 4.78 is 99.6. The van der Waals surface area contributed by atoms with Gasteiger partial charge in [0.1, 0.15) is 17.0 Å². The first-order valence-electron chi connectivity index (χ1n) is 7.33. The maximum absolute atomic E-state index is 13.8. The molecule has 0 radical (unpaired) electrons. The van der Waals surface area contributed by atoms with E-state index in [1.165, 1.54) is 0 Å². The molecule has 3 nitrogen and oxygen atoms in total. The minimum atomic E-state index is -5.61. The lowest BCUT2D eigenvalue weighted by Crippen LogP contribution is -2.16. The van der Waals surface area contributed by atoms with Crippen LogP contribution in [0.15, 0.2) is 17.2 Å². The Morgan fingerprint density at radius 2 is 1.61 bits per heavy atom. The van der Waals surface area contributed by atoms with E-state index < -0.39 is 40.7 Å². The first kappa shape index (κ1) is 23.0. The summed E-state index contributed by atoms with van der Waals surface area (Å²) in [6, 6.07) is 3.40. The lowest BCUT2D eigenvalue weighted by molar-refractivity contribution is -0.143. The number of hydrazone groups is 1. The van der Waals surface area contributed by atoms with Crippen molar-refractivity contribution in [3.8, 4) is 5.75 Å². The molecular weight excluding hydrogens is 623 g/mol. The second-order valence-corrected chi connectivity index (χ2v) is 7.52. The van der Waals surface area contributed by atoms with Gasteiger partial charge in [-0.1, -0.05) is 0 Å². The highest BCUT2D eigenvalue weighted by molar-refractivity contribution is 14.1. The van der Waals surface area contributed by atoms with Gasteiger partial charge in [0.25, 0.3) is 0 Å². The van der Waals surface area contributed by atoms with Crippen LogP contribution in [-0.2, 0) is 6.18 Å². The van der Waals surface area contributed by atoms with Gasteiger partial charge in [-0.25, -0.2) is 17.6 Å². The molecule has 0 aliphatic heterocycles. The molecule has 0 bridgehead atoms. The Balaban J connectivity index is 2.44. The van der Waals surface area contributed by atoms with Gasteiger partial charge in [0, 0.05) is 9.13 Å². The molecule has 2 aromatic rings. The number of alkyl halides is 3. The second kappa shape index (κ2) is 9.00. The van der Waals surface area contributed by atoms with Crippen LogP contribution >= 0.6 is 45.2 Å². The van der Waals surface area contributed by atoms with Crippen molar-refractivity contribution in [1.82, 2.24) is 0 Å². The average molecular weight is 632 g/mol. The fourth-order valence-corrected chi connectivity index (χ4v) is 4.16. The van der Waals surface area contributed by atoms with Crippen molar-refractivity contribution < 1.29 is 35.5 Å². The number of hydrogen-bond acceptors (Lipinski definition) is 3. The topological polar surface area (TPSA) is 33.6 Å². The van der Waals surface area contributed by atoms with Gasteiger partial charge in [0.05, 0.1) is 16.4 Å². The lowest BCUT2D eigenvalue weighted by Gasteiger charge is -2.13. The van der Waals surface area contributed by atoms with E-state index in [-0.39, 0.29) is 0 Å². The van der Waals surface area contributed by atoms with E-state index in [0.29, 0.717) is 21.5 Å². The van der Waals surface area contributed by atoms with Gasteiger partial charge in [-0.05, 0) is 64.2 Å². The van der Waals surface area contributed by atoms with Crippen molar-refractivity contribution >= 4 is 57.1 Å². The molecule has 0 heterocycles. The van der Waals surface area contributed by atoms with E-state index >= 15 is 0 Å². The highest BCUT2D eigenvalue weighted by Crippen LogP contribution is 2.38. The van der Waals surface area contributed by atoms with Crippen LogP contribution in [0.4, 0.5) is 36.4 Å². The summed E-state index contributed by atoms with van der Waals surface area (Å²) in [5.41, 5.74) is -2.05. The van der Waals surface area contributed by atoms with E-state index in [4.69, 9.17) is 4.74 Å². The van der Waals surface area contributed by atoms with Crippen LogP contribution in [0.3, 0.4) is 0 Å². The minimum Gasteiger partial charge on any atom is -0.492 e. The Hall–Kier alpha value is -1.32. The molecule has 152 valence electrons. The van der Waals surface area contributed by atoms with E-state index in [1.54, 1.807) is 24.5 Å². The van der Waals surface area contributed by atoms with Gasteiger partial charge >= 0.3 is 6.18 Å². The van der Waals surface area contributed by atoms with Gasteiger partial charge in [-0.3, -0.25) is 5.43 Å². The monoisotopic (exact) mass is 632 g/mol. The average Bonchev–Trinajstić information content (AvgIpc) is 2.58. The van der Waals surface area contributed by atoms with E-state index in [0.717, 1.165) is 9.78 Å². The summed E-state index contributed by atoms with van der Waals surface area (Å²) >= 11 is 3.99. The summed E-state index contributed by atoms with van der Waals surface area (Å²) in [6.45, 7) is 2.04. The third-order valence-corrected chi connectivity index (χ3v) is 4.68. The van der Waals surface area contributed by atoms with Gasteiger partial charge in [-0.2, -0.15) is 18.3 Å². The fourth-order valence-electron chi connectivity index (χ4n) is 2.12. The lowest BCUT2D eigenvalue weighted by atomic mass is 10.1. The number of halogens is 9. The van der Waals surface area contributed by atoms with Crippen LogP contribution in [0.5, 0.6) is 5.75 Å². The molecule has 0 spiro atoms. The Bertz CT molecular complexity index is 903. The predicted octanol–water partition coefficient (Wildman–Crippen LogP) is 6.32. The molecule has 28 heavy (non-hydrogen) atoms. The molecule has 1 N–H and O–H groups in total. The van der Waals surface area contributed by atoms with Crippen LogP contribution in [0.2, 0.25) is 0 Å². The Morgan fingerprint density at radius 1 is 1.04 bits per heavy atom. The number of benzene rings is 2. The molecule has 0 unspecified atom stereocenters. The standard InChI is InChI=1S/C16H9F7I2N2O/c1-2-28-15-6(3-7(24)4-8(15)25)5-26-27-14-12(19)10(17)9(16(21,22)23)11(18)13(14)20/h3-5,27H,2H2,1H3/b26-5+. The summed E-state index contributed by atoms with van der Waals surface area (Å²) in [5.74, 6) is -9.22. The number of nitrogens with zero attached hydrogens (tertiary/aromatic N) is 1. The van der Waals surface area contributed by atoms with Gasteiger partial charge < -0.3 is 4.74 Å². The van der Waals surface area contributed by atoms with Gasteiger partial charge in [0.2, 0.25) is 0 Å². The van der Waals surface area contributed by atoms with Crippen LogP contribution in [0.25, 0.3) is 0 Å². The van der Waals surface area contributed by atoms with E-state index in [1.807, 2.05) is 45.2 Å². The summed E-state index contributed by atoms with van der Waals surface area (Å²) in [7, 11) is 0. The largest absolute Gasteiger partial charge is 0.492 e. The molecule has 0 aromatic heterocycles. The highest BCUT2D eigenvalue weighted by atomic mass is 127. The molecule has 0 atom stereocenters. The van der Waals surface area contributed by atoms with Crippen LogP contribution < -0.4 is 10.2 Å². The van der Waals surface area contributed by atoms with Gasteiger partial charge in [0.15, 0.2) is 23.3 Å². The molecule has 2 rings (SSSR count). The predicted molar refractivity (Wildman–Crippen MR) is 106 cm³/mol. The number of hydrogen-bond donors (Lipinski definition) is 1. The Labute approximate surface area is 181 Å². The zero-order valence-corrected chi connectivity index (χ0v) is 18.0. The molecule has 0 amide bonds. The summed E-state index contributed by atoms with van der Waals surface area (Å²) in [5, 5.41) is 3.48. The minimum absolute atomic E-state index is 0.309. The third-order valence-electron chi connectivity index (χ3n) is 3.25. The number of rotatable bonds is 5. The number of nitrogens with one attached hydrogen (secondary N) is 1. The van der Waals surface area contributed by atoms with Crippen LogP contribution in [0, 0.1) is 30.4 Å². The van der Waals surface area contributed by atoms with Crippen molar-refractivity contribution in [3.63, 3.8) is 0 Å². The third kappa shape index (κ3) is 4.80. The van der Waals surface area contributed by atoms with E-state index in [9.17, 15) is 30.7 Å². The molecule has 0 aliphatic rings. The maximum atomic E-state index is 13.8. The first-order chi connectivity index (χ1) is 13.0. The summed E-state index contributed by atoms with van der Waals surface area (Å²) in [6.07, 6.45) is -4.55. The molecule has 0 aliphatic carbocycles. The van der Waals surface area contributed by atoms with Crippen molar-refractivity contribution in [2.45, 2.75) is 13.1 Å². The maximum Gasteiger partial charge on any atom is 0.422 e. The highest BCUT2D eigenvalue weighted by Gasteiger charge is 2.42. The summed E-state index contributed by atoms with van der Waals surface area (Å²) in [4.78, 5) is 0. The molecule has 2 aromatic carbocycles. The Morgan fingerprint density at radius 3 is 2.11 bits per heavy atom. The zero-order valence-electron chi connectivity index (χ0n) is 13.7. The molecule has 0 fully saturated rings. The van der Waals surface area contributed by atoms with Crippen LogP contribution in [-0.4, -0.2) is 12.8 Å². The van der Waals surface area contributed by atoms with Crippen molar-refractivity contribution in [3.05, 3.63) is 53.7 Å². The second-order valence-electron chi connectivity index (χ2n) is 5.11.